The third-order valence-electron chi connectivity index (χ3n) is 4.48. The first-order valence-electron chi connectivity index (χ1n) is 9.05. The predicted octanol–water partition coefficient (Wildman–Crippen LogP) is 4.02. The van der Waals surface area contributed by atoms with Gasteiger partial charge in [0.15, 0.2) is 11.6 Å². The molecule has 148 valence electrons. The summed E-state index contributed by atoms with van der Waals surface area (Å²) in [7, 11) is 1.53. The lowest BCUT2D eigenvalue weighted by Gasteiger charge is -2.18. The largest absolute Gasteiger partial charge is 0.343 e. The molecule has 0 bridgehead atoms. The second-order valence-electron chi connectivity index (χ2n) is 6.62. The van der Waals surface area contributed by atoms with Gasteiger partial charge in [-0.1, -0.05) is 48.5 Å². The van der Waals surface area contributed by atoms with Crippen molar-refractivity contribution in [3.8, 4) is 11.1 Å². The lowest BCUT2D eigenvalue weighted by molar-refractivity contribution is -0.129. The first-order valence-corrected chi connectivity index (χ1v) is 9.05. The smallest absolute Gasteiger partial charge is 0.251 e. The Balaban J connectivity index is 1.54. The Hall–Kier alpha value is -3.54. The Bertz CT molecular complexity index is 1010. The first kappa shape index (κ1) is 20.2. The van der Waals surface area contributed by atoms with Crippen molar-refractivity contribution in [3.05, 3.63) is 95.6 Å². The van der Waals surface area contributed by atoms with Gasteiger partial charge in [-0.15, -0.1) is 0 Å². The van der Waals surface area contributed by atoms with Crippen molar-refractivity contribution in [3.63, 3.8) is 0 Å². The molecule has 0 aliphatic heterocycles. The summed E-state index contributed by atoms with van der Waals surface area (Å²) in [5, 5.41) is 2.58. The van der Waals surface area contributed by atoms with Gasteiger partial charge in [0.25, 0.3) is 5.91 Å². The first-order chi connectivity index (χ1) is 13.9. The Labute approximate surface area is 167 Å². The fourth-order valence-electron chi connectivity index (χ4n) is 2.84. The van der Waals surface area contributed by atoms with Crippen molar-refractivity contribution in [2.45, 2.75) is 6.54 Å². The molecule has 0 saturated heterocycles. The van der Waals surface area contributed by atoms with Gasteiger partial charge >= 0.3 is 0 Å². The molecule has 0 saturated carbocycles. The van der Waals surface area contributed by atoms with Crippen LogP contribution in [0.2, 0.25) is 0 Å². The van der Waals surface area contributed by atoms with Gasteiger partial charge in [0.05, 0.1) is 6.54 Å². The number of hydrogen-bond donors (Lipinski definition) is 1. The third-order valence-corrected chi connectivity index (χ3v) is 4.48. The molecule has 3 aromatic carbocycles. The second-order valence-corrected chi connectivity index (χ2v) is 6.62. The number of amides is 2. The van der Waals surface area contributed by atoms with E-state index in [9.17, 15) is 18.4 Å². The summed E-state index contributed by atoms with van der Waals surface area (Å²) in [5.41, 5.74) is 2.95. The summed E-state index contributed by atoms with van der Waals surface area (Å²) < 4.78 is 26.3. The Kier molecular flexibility index (Phi) is 6.34. The molecule has 0 fully saturated rings. The van der Waals surface area contributed by atoms with Crippen LogP contribution < -0.4 is 5.32 Å². The van der Waals surface area contributed by atoms with Crippen LogP contribution in [0.15, 0.2) is 72.8 Å². The van der Waals surface area contributed by atoms with Gasteiger partial charge in [-0.05, 0) is 41.0 Å². The number of halogens is 2. The highest BCUT2D eigenvalue weighted by atomic mass is 19.2. The normalized spacial score (nSPS) is 10.4. The van der Waals surface area contributed by atoms with E-state index in [0.29, 0.717) is 11.1 Å². The molecule has 0 atom stereocenters. The third kappa shape index (κ3) is 5.25. The lowest BCUT2D eigenvalue weighted by atomic mass is 10.0. The minimum Gasteiger partial charge on any atom is -0.343 e. The quantitative estimate of drug-likeness (QED) is 0.687. The molecule has 0 aliphatic rings. The molecule has 0 aromatic heterocycles. The second kappa shape index (κ2) is 9.10. The van der Waals surface area contributed by atoms with Gasteiger partial charge in [-0.2, -0.15) is 0 Å². The van der Waals surface area contributed by atoms with Crippen molar-refractivity contribution in [2.24, 2.45) is 0 Å². The molecule has 2 amide bonds. The van der Waals surface area contributed by atoms with E-state index in [1.165, 1.54) is 18.0 Å². The van der Waals surface area contributed by atoms with Gasteiger partial charge in [0.1, 0.15) is 0 Å². The summed E-state index contributed by atoms with van der Waals surface area (Å²) in [6, 6.07) is 20.4. The minimum atomic E-state index is -0.962. The van der Waals surface area contributed by atoms with Crippen LogP contribution in [0.3, 0.4) is 0 Å². The number of benzene rings is 3. The molecule has 4 nitrogen and oxygen atoms in total. The zero-order valence-electron chi connectivity index (χ0n) is 15.9. The van der Waals surface area contributed by atoms with E-state index in [1.54, 1.807) is 12.1 Å². The molecule has 0 spiro atoms. The van der Waals surface area contributed by atoms with E-state index in [2.05, 4.69) is 5.32 Å². The summed E-state index contributed by atoms with van der Waals surface area (Å²) in [6.07, 6.45) is 0. The highest BCUT2D eigenvalue weighted by molar-refractivity contribution is 5.96. The maximum absolute atomic E-state index is 13.3. The van der Waals surface area contributed by atoms with Crippen LogP contribution in [0.5, 0.6) is 0 Å². The van der Waals surface area contributed by atoms with Crippen LogP contribution in [0, 0.1) is 11.6 Å². The van der Waals surface area contributed by atoms with Crippen LogP contribution >= 0.6 is 0 Å². The number of carbonyl (C=O) groups excluding carboxylic acids is 2. The topological polar surface area (TPSA) is 49.4 Å². The molecule has 3 rings (SSSR count). The van der Waals surface area contributed by atoms with Crippen molar-refractivity contribution in [2.75, 3.05) is 13.6 Å². The van der Waals surface area contributed by atoms with E-state index in [1.807, 2.05) is 42.5 Å². The maximum atomic E-state index is 13.3. The Morgan fingerprint density at radius 2 is 1.52 bits per heavy atom. The average molecular weight is 394 g/mol. The number of nitrogens with one attached hydrogen (secondary N) is 1. The van der Waals surface area contributed by atoms with Crippen LogP contribution in [0.4, 0.5) is 8.78 Å². The van der Waals surface area contributed by atoms with Gasteiger partial charge in [0.2, 0.25) is 5.91 Å². The predicted molar refractivity (Wildman–Crippen MR) is 107 cm³/mol. The number of rotatable bonds is 6. The Morgan fingerprint density at radius 3 is 2.17 bits per heavy atom. The molecular formula is C23H20F2N2O2. The molecule has 29 heavy (non-hydrogen) atoms. The molecule has 1 N–H and O–H groups in total. The highest BCUT2D eigenvalue weighted by Crippen LogP contribution is 2.19. The number of likely N-dealkylation sites (N-methyl/N-ethyl adjacent to an activating group) is 1. The van der Waals surface area contributed by atoms with Crippen LogP contribution in [0.25, 0.3) is 11.1 Å². The monoisotopic (exact) mass is 394 g/mol. The van der Waals surface area contributed by atoms with Gasteiger partial charge in [-0.3, -0.25) is 9.59 Å². The minimum absolute atomic E-state index is 0.109. The Morgan fingerprint density at radius 1 is 0.862 bits per heavy atom. The molecular weight excluding hydrogens is 374 g/mol. The zero-order valence-corrected chi connectivity index (χ0v) is 15.9. The molecule has 0 aliphatic carbocycles. The molecule has 0 heterocycles. The summed E-state index contributed by atoms with van der Waals surface area (Å²) in [5.74, 6) is -2.60. The van der Waals surface area contributed by atoms with Crippen LogP contribution in [-0.2, 0) is 11.3 Å². The van der Waals surface area contributed by atoms with Crippen molar-refractivity contribution in [1.29, 1.82) is 0 Å². The summed E-state index contributed by atoms with van der Waals surface area (Å²) in [4.78, 5) is 25.8. The number of carbonyl (C=O) groups is 2. The van der Waals surface area contributed by atoms with E-state index in [4.69, 9.17) is 0 Å². The summed E-state index contributed by atoms with van der Waals surface area (Å²) in [6.45, 7) is -0.0862. The highest BCUT2D eigenvalue weighted by Gasteiger charge is 2.13. The van der Waals surface area contributed by atoms with E-state index >= 15 is 0 Å². The molecule has 3 aromatic rings. The fraction of sp³-hybridized carbons (Fsp3) is 0.130. The number of hydrogen-bond acceptors (Lipinski definition) is 2. The SMILES string of the molecule is CN(Cc1ccc(F)c(F)c1)C(=O)CNC(=O)c1ccc(-c2ccccc2)cc1. The van der Waals surface area contributed by atoms with Crippen molar-refractivity contribution < 1.29 is 18.4 Å². The van der Waals surface area contributed by atoms with Crippen LogP contribution in [-0.4, -0.2) is 30.3 Å². The average Bonchev–Trinajstić information content (AvgIpc) is 2.75. The lowest BCUT2D eigenvalue weighted by Crippen LogP contribution is -2.37. The molecule has 0 radical (unpaired) electrons. The fourth-order valence-corrected chi connectivity index (χ4v) is 2.84. The van der Waals surface area contributed by atoms with Crippen molar-refractivity contribution in [1.82, 2.24) is 10.2 Å². The summed E-state index contributed by atoms with van der Waals surface area (Å²) >= 11 is 0. The van der Waals surface area contributed by atoms with Gasteiger partial charge in [-0.25, -0.2) is 8.78 Å². The number of nitrogens with zero attached hydrogens (tertiary/aromatic N) is 1. The molecule has 0 unspecified atom stereocenters. The van der Waals surface area contributed by atoms with Gasteiger partial charge in [0, 0.05) is 19.2 Å². The standard InChI is InChI=1S/C23H20F2N2O2/c1-27(15-16-7-12-20(24)21(25)13-16)22(28)14-26-23(29)19-10-8-18(9-11-19)17-5-3-2-4-6-17/h2-13H,14-15H2,1H3,(H,26,29). The zero-order chi connectivity index (χ0) is 20.8. The van der Waals surface area contributed by atoms with Gasteiger partial charge < -0.3 is 10.2 Å². The van der Waals surface area contributed by atoms with Crippen LogP contribution in [0.1, 0.15) is 15.9 Å². The van der Waals surface area contributed by atoms with Crippen molar-refractivity contribution >= 4 is 11.8 Å². The molecule has 6 heteroatoms. The maximum Gasteiger partial charge on any atom is 0.251 e. The van der Waals surface area contributed by atoms with E-state index < -0.39 is 11.6 Å². The van der Waals surface area contributed by atoms with E-state index in [0.717, 1.165) is 23.3 Å². The van der Waals surface area contributed by atoms with E-state index in [-0.39, 0.29) is 24.9 Å².